The van der Waals surface area contributed by atoms with E-state index in [1.807, 2.05) is 18.2 Å². The molecule has 0 aromatic heterocycles. The maximum atomic E-state index is 10.7. The topological polar surface area (TPSA) is 49.3 Å². The summed E-state index contributed by atoms with van der Waals surface area (Å²) in [6.07, 6.45) is 0. The van der Waals surface area contributed by atoms with Crippen molar-refractivity contribution in [3.05, 3.63) is 34.9 Å². The fourth-order valence-corrected chi connectivity index (χ4v) is 2.90. The largest absolute Gasteiger partial charge is 0.480 e. The van der Waals surface area contributed by atoms with Crippen molar-refractivity contribution in [1.82, 2.24) is 5.32 Å². The molecule has 1 unspecified atom stereocenters. The number of thioether (sulfide) groups is 1. The zero-order valence-electron chi connectivity index (χ0n) is 7.81. The van der Waals surface area contributed by atoms with Gasteiger partial charge in [-0.3, -0.25) is 10.1 Å². The van der Waals surface area contributed by atoms with Gasteiger partial charge in [0.05, 0.1) is 5.37 Å². The minimum absolute atomic E-state index is 0.0322. The Balaban J connectivity index is 2.11. The van der Waals surface area contributed by atoms with Gasteiger partial charge < -0.3 is 5.11 Å². The fraction of sp³-hybridized carbons (Fsp3) is 0.300. The smallest absolute Gasteiger partial charge is 0.321 e. The standard InChI is InChI=1S/C10H10ClNO2S/c11-7-3-1-2-6(4-7)9-12-8(5-15-9)10(13)14/h1-4,8-9,12H,5H2,(H,13,14)/t8-,9?/m1/s1. The third kappa shape index (κ3) is 2.45. The summed E-state index contributed by atoms with van der Waals surface area (Å²) in [5.41, 5.74) is 1.02. The van der Waals surface area contributed by atoms with Crippen molar-refractivity contribution in [1.29, 1.82) is 0 Å². The fourth-order valence-electron chi connectivity index (χ4n) is 1.48. The molecule has 15 heavy (non-hydrogen) atoms. The summed E-state index contributed by atoms with van der Waals surface area (Å²) in [5.74, 6) is -0.209. The predicted molar refractivity (Wildman–Crippen MR) is 61.2 cm³/mol. The summed E-state index contributed by atoms with van der Waals surface area (Å²) in [6.45, 7) is 0. The molecule has 1 fully saturated rings. The molecule has 5 heteroatoms. The Morgan fingerprint density at radius 2 is 2.40 bits per heavy atom. The highest BCUT2D eigenvalue weighted by molar-refractivity contribution is 7.99. The van der Waals surface area contributed by atoms with E-state index in [0.29, 0.717) is 10.8 Å². The number of benzene rings is 1. The van der Waals surface area contributed by atoms with E-state index < -0.39 is 12.0 Å². The quantitative estimate of drug-likeness (QED) is 0.836. The number of rotatable bonds is 2. The predicted octanol–water partition coefficient (Wildman–Crippen LogP) is 2.13. The molecular weight excluding hydrogens is 234 g/mol. The number of carbonyl (C=O) groups is 1. The van der Waals surface area contributed by atoms with E-state index in [9.17, 15) is 4.79 Å². The summed E-state index contributed by atoms with van der Waals surface area (Å²) >= 11 is 7.46. The second kappa shape index (κ2) is 4.43. The first-order valence-electron chi connectivity index (χ1n) is 4.53. The molecule has 1 aromatic rings. The maximum Gasteiger partial charge on any atom is 0.321 e. The number of carboxylic acids is 1. The molecule has 0 saturated carbocycles. The molecule has 1 heterocycles. The Bertz CT molecular complexity index is 385. The van der Waals surface area contributed by atoms with Crippen molar-refractivity contribution in [3.8, 4) is 0 Å². The van der Waals surface area contributed by atoms with Crippen LogP contribution in [0.4, 0.5) is 0 Å². The van der Waals surface area contributed by atoms with Crippen LogP contribution in [0.2, 0.25) is 5.02 Å². The Kier molecular flexibility index (Phi) is 3.19. The number of aliphatic carboxylic acids is 1. The Labute approximate surface area is 96.8 Å². The van der Waals surface area contributed by atoms with Gasteiger partial charge in [0.2, 0.25) is 0 Å². The summed E-state index contributed by atoms with van der Waals surface area (Å²) in [7, 11) is 0. The van der Waals surface area contributed by atoms with Crippen molar-refractivity contribution in [2.45, 2.75) is 11.4 Å². The lowest BCUT2D eigenvalue weighted by Gasteiger charge is -2.11. The SMILES string of the molecule is O=C(O)[C@H]1CSC(c2cccc(Cl)c2)N1. The molecule has 80 valence electrons. The van der Waals surface area contributed by atoms with E-state index >= 15 is 0 Å². The lowest BCUT2D eigenvalue weighted by molar-refractivity contribution is -0.138. The van der Waals surface area contributed by atoms with Crippen LogP contribution in [0.5, 0.6) is 0 Å². The first-order chi connectivity index (χ1) is 7.16. The van der Waals surface area contributed by atoms with Crippen LogP contribution < -0.4 is 5.32 Å². The van der Waals surface area contributed by atoms with Crippen LogP contribution in [-0.4, -0.2) is 22.9 Å². The average Bonchev–Trinajstić information content (AvgIpc) is 2.66. The van der Waals surface area contributed by atoms with Gasteiger partial charge >= 0.3 is 5.97 Å². The van der Waals surface area contributed by atoms with Crippen molar-refractivity contribution >= 4 is 29.3 Å². The van der Waals surface area contributed by atoms with Gasteiger partial charge in [-0.2, -0.15) is 0 Å². The van der Waals surface area contributed by atoms with Crippen molar-refractivity contribution < 1.29 is 9.90 Å². The Hall–Kier alpha value is -0.710. The second-order valence-corrected chi connectivity index (χ2v) is 4.90. The van der Waals surface area contributed by atoms with E-state index in [1.54, 1.807) is 17.8 Å². The zero-order valence-corrected chi connectivity index (χ0v) is 9.39. The molecule has 1 aliphatic heterocycles. The van der Waals surface area contributed by atoms with Gasteiger partial charge in [0.1, 0.15) is 6.04 Å². The first kappa shape index (κ1) is 10.8. The van der Waals surface area contributed by atoms with Crippen LogP contribution in [0, 0.1) is 0 Å². The third-order valence-electron chi connectivity index (χ3n) is 2.23. The second-order valence-electron chi connectivity index (χ2n) is 3.33. The van der Waals surface area contributed by atoms with Crippen LogP contribution in [0.1, 0.15) is 10.9 Å². The number of nitrogens with one attached hydrogen (secondary N) is 1. The van der Waals surface area contributed by atoms with Crippen LogP contribution in [0.3, 0.4) is 0 Å². The zero-order chi connectivity index (χ0) is 10.8. The minimum Gasteiger partial charge on any atom is -0.480 e. The molecule has 1 aliphatic rings. The summed E-state index contributed by atoms with van der Waals surface area (Å²) in [4.78, 5) is 10.7. The molecule has 0 aliphatic carbocycles. The van der Waals surface area contributed by atoms with E-state index in [1.165, 1.54) is 0 Å². The molecule has 0 bridgehead atoms. The van der Waals surface area contributed by atoms with Gasteiger partial charge in [-0.15, -0.1) is 11.8 Å². The lowest BCUT2D eigenvalue weighted by atomic mass is 10.2. The Morgan fingerprint density at radius 3 is 3.00 bits per heavy atom. The van der Waals surface area contributed by atoms with Crippen LogP contribution in [0.15, 0.2) is 24.3 Å². The summed E-state index contributed by atoms with van der Waals surface area (Å²) < 4.78 is 0. The number of carboxylic acid groups (broad SMARTS) is 1. The van der Waals surface area contributed by atoms with Crippen LogP contribution in [0.25, 0.3) is 0 Å². The molecule has 1 aromatic carbocycles. The van der Waals surface area contributed by atoms with Crippen molar-refractivity contribution in [3.63, 3.8) is 0 Å². The van der Waals surface area contributed by atoms with Gasteiger partial charge in [0.15, 0.2) is 0 Å². The van der Waals surface area contributed by atoms with Crippen molar-refractivity contribution in [2.75, 3.05) is 5.75 Å². The van der Waals surface area contributed by atoms with Gasteiger partial charge in [0.25, 0.3) is 0 Å². The van der Waals surface area contributed by atoms with Crippen LogP contribution in [-0.2, 0) is 4.79 Å². The third-order valence-corrected chi connectivity index (χ3v) is 3.73. The molecule has 2 N–H and O–H groups in total. The summed E-state index contributed by atoms with van der Waals surface area (Å²) in [5, 5.41) is 12.6. The van der Waals surface area contributed by atoms with Crippen molar-refractivity contribution in [2.24, 2.45) is 0 Å². The number of hydrogen-bond acceptors (Lipinski definition) is 3. The molecule has 0 spiro atoms. The van der Waals surface area contributed by atoms with E-state index in [4.69, 9.17) is 16.7 Å². The van der Waals surface area contributed by atoms with Gasteiger partial charge in [0, 0.05) is 10.8 Å². The van der Waals surface area contributed by atoms with Gasteiger partial charge in [-0.05, 0) is 17.7 Å². The Morgan fingerprint density at radius 1 is 1.60 bits per heavy atom. The molecule has 1 saturated heterocycles. The van der Waals surface area contributed by atoms with Gasteiger partial charge in [-0.25, -0.2) is 0 Å². The van der Waals surface area contributed by atoms with Crippen LogP contribution >= 0.6 is 23.4 Å². The highest BCUT2D eigenvalue weighted by Crippen LogP contribution is 2.33. The van der Waals surface area contributed by atoms with E-state index in [0.717, 1.165) is 5.56 Å². The molecule has 2 atom stereocenters. The number of hydrogen-bond donors (Lipinski definition) is 2. The minimum atomic E-state index is -0.799. The molecule has 3 nitrogen and oxygen atoms in total. The van der Waals surface area contributed by atoms with Gasteiger partial charge in [-0.1, -0.05) is 23.7 Å². The molecular formula is C10H10ClNO2S. The molecule has 0 radical (unpaired) electrons. The first-order valence-corrected chi connectivity index (χ1v) is 5.95. The molecule has 2 rings (SSSR count). The normalized spacial score (nSPS) is 25.4. The van der Waals surface area contributed by atoms with E-state index in [2.05, 4.69) is 5.32 Å². The monoisotopic (exact) mass is 243 g/mol. The average molecular weight is 244 g/mol. The molecule has 0 amide bonds. The number of halogens is 1. The highest BCUT2D eigenvalue weighted by atomic mass is 35.5. The van der Waals surface area contributed by atoms with E-state index in [-0.39, 0.29) is 5.37 Å². The lowest BCUT2D eigenvalue weighted by Crippen LogP contribution is -2.33. The highest BCUT2D eigenvalue weighted by Gasteiger charge is 2.30. The summed E-state index contributed by atoms with van der Waals surface area (Å²) in [6, 6.07) is 7.02. The maximum absolute atomic E-state index is 10.7.